The van der Waals surface area contributed by atoms with Gasteiger partial charge < -0.3 is 24.7 Å². The first-order valence-corrected chi connectivity index (χ1v) is 11.8. The van der Waals surface area contributed by atoms with Gasteiger partial charge >= 0.3 is 0 Å². The maximum atomic E-state index is 13.2. The summed E-state index contributed by atoms with van der Waals surface area (Å²) in [6, 6.07) is 5.36. The minimum absolute atomic E-state index is 0.00665. The predicted octanol–water partition coefficient (Wildman–Crippen LogP) is 3.03. The van der Waals surface area contributed by atoms with E-state index in [2.05, 4.69) is 20.7 Å². The lowest BCUT2D eigenvalue weighted by Gasteiger charge is -2.34. The SMILES string of the molecule is CNc1cc(Nc2cccn([C@@H]3CCCOC3)c2=O)nc2c(C(=O)CC3CC[C@H]3OC)cnn12. The van der Waals surface area contributed by atoms with Crippen LogP contribution >= 0.6 is 0 Å². The van der Waals surface area contributed by atoms with Gasteiger partial charge in [0.05, 0.1) is 30.5 Å². The maximum absolute atomic E-state index is 13.2. The van der Waals surface area contributed by atoms with Gasteiger partial charge in [0.2, 0.25) is 0 Å². The quantitative estimate of drug-likeness (QED) is 0.487. The van der Waals surface area contributed by atoms with Crippen molar-refractivity contribution in [3.8, 4) is 0 Å². The summed E-state index contributed by atoms with van der Waals surface area (Å²) in [4.78, 5) is 30.9. The van der Waals surface area contributed by atoms with Crippen molar-refractivity contribution in [3.05, 3.63) is 46.5 Å². The second-order valence-electron chi connectivity index (χ2n) is 8.94. The largest absolute Gasteiger partial charge is 0.381 e. The summed E-state index contributed by atoms with van der Waals surface area (Å²) in [7, 11) is 3.46. The van der Waals surface area contributed by atoms with E-state index in [0.717, 1.165) is 32.3 Å². The Labute approximate surface area is 197 Å². The number of ketones is 1. The molecule has 180 valence electrons. The molecule has 0 amide bonds. The number of pyridine rings is 1. The number of ether oxygens (including phenoxy) is 2. The van der Waals surface area contributed by atoms with E-state index in [1.54, 1.807) is 47.8 Å². The molecule has 0 bridgehead atoms. The van der Waals surface area contributed by atoms with Crippen molar-refractivity contribution in [2.45, 2.75) is 44.2 Å². The Bertz CT molecular complexity index is 1240. The van der Waals surface area contributed by atoms with Gasteiger partial charge in [-0.1, -0.05) is 0 Å². The summed E-state index contributed by atoms with van der Waals surface area (Å²) in [5.41, 5.74) is 1.19. The predicted molar refractivity (Wildman–Crippen MR) is 128 cm³/mol. The van der Waals surface area contributed by atoms with Crippen LogP contribution in [0, 0.1) is 5.92 Å². The molecule has 0 aromatic carbocycles. The normalized spacial score (nSPS) is 22.4. The fraction of sp³-hybridized carbons (Fsp3) is 0.500. The molecule has 1 aliphatic carbocycles. The Kier molecular flexibility index (Phi) is 6.34. The molecule has 1 unspecified atom stereocenters. The summed E-state index contributed by atoms with van der Waals surface area (Å²) >= 11 is 0. The third-order valence-electron chi connectivity index (χ3n) is 6.89. The van der Waals surface area contributed by atoms with Gasteiger partial charge in [0.1, 0.15) is 17.3 Å². The summed E-state index contributed by atoms with van der Waals surface area (Å²) < 4.78 is 14.3. The van der Waals surface area contributed by atoms with Crippen LogP contribution in [0.1, 0.15) is 48.5 Å². The van der Waals surface area contributed by atoms with Crippen LogP contribution < -0.4 is 16.2 Å². The first-order valence-electron chi connectivity index (χ1n) is 11.8. The van der Waals surface area contributed by atoms with Gasteiger partial charge in [-0.25, -0.2) is 4.98 Å². The Morgan fingerprint density at radius 2 is 2.21 bits per heavy atom. The van der Waals surface area contributed by atoms with Crippen LogP contribution in [-0.4, -0.2) is 58.4 Å². The Morgan fingerprint density at radius 3 is 2.91 bits per heavy atom. The lowest BCUT2D eigenvalue weighted by atomic mass is 9.78. The van der Waals surface area contributed by atoms with E-state index >= 15 is 0 Å². The van der Waals surface area contributed by atoms with Crippen molar-refractivity contribution in [2.24, 2.45) is 5.92 Å². The minimum atomic E-state index is -0.133. The molecule has 1 aliphatic heterocycles. The van der Waals surface area contributed by atoms with Crippen molar-refractivity contribution in [1.82, 2.24) is 19.2 Å². The third-order valence-corrected chi connectivity index (χ3v) is 6.89. The zero-order chi connectivity index (χ0) is 23.7. The van der Waals surface area contributed by atoms with Crippen LogP contribution in [0.25, 0.3) is 5.65 Å². The van der Waals surface area contributed by atoms with Gasteiger partial charge in [-0.05, 0) is 43.7 Å². The van der Waals surface area contributed by atoms with Crippen LogP contribution in [0.15, 0.2) is 35.4 Å². The maximum Gasteiger partial charge on any atom is 0.274 e. The molecule has 2 fully saturated rings. The van der Waals surface area contributed by atoms with Gasteiger partial charge in [-0.2, -0.15) is 9.61 Å². The standard InChI is InChI=1S/C24H30N6O4/c1-25-22-12-21(27-18-6-3-9-29(24(18)32)16-5-4-10-34-14-16)28-23-17(13-26-30(22)23)19(31)11-15-7-8-20(15)33-2/h3,6,9,12-13,15-16,20,25H,4-5,7-8,10-11,14H2,1-2H3,(H,27,28)/t15?,16-,20-/m1/s1. The molecule has 1 saturated carbocycles. The highest BCUT2D eigenvalue weighted by molar-refractivity contribution is 6.01. The topological polar surface area (TPSA) is 112 Å². The number of fused-ring (bicyclic) bond motifs is 1. The number of methoxy groups -OCH3 is 1. The molecule has 10 nitrogen and oxygen atoms in total. The van der Waals surface area contributed by atoms with Crippen molar-refractivity contribution >= 4 is 28.8 Å². The fourth-order valence-electron chi connectivity index (χ4n) is 4.81. The van der Waals surface area contributed by atoms with Crippen molar-refractivity contribution in [3.63, 3.8) is 0 Å². The number of rotatable bonds is 8. The van der Waals surface area contributed by atoms with E-state index in [1.165, 1.54) is 0 Å². The summed E-state index contributed by atoms with van der Waals surface area (Å²) in [6.45, 7) is 1.27. The van der Waals surface area contributed by atoms with Crippen LogP contribution in [0.2, 0.25) is 0 Å². The number of nitrogens with zero attached hydrogens (tertiary/aromatic N) is 4. The van der Waals surface area contributed by atoms with Crippen molar-refractivity contribution < 1.29 is 14.3 Å². The third kappa shape index (κ3) is 4.19. The van der Waals surface area contributed by atoms with E-state index in [4.69, 9.17) is 9.47 Å². The molecule has 10 heteroatoms. The highest BCUT2D eigenvalue weighted by atomic mass is 16.5. The number of carbonyl (C=O) groups excluding carboxylic acids is 1. The molecule has 1 saturated heterocycles. The Morgan fingerprint density at radius 1 is 1.32 bits per heavy atom. The zero-order valence-corrected chi connectivity index (χ0v) is 19.5. The van der Waals surface area contributed by atoms with E-state index in [9.17, 15) is 9.59 Å². The number of Topliss-reactive ketones (excluding diaryl/α,β-unsaturated/α-hetero) is 1. The molecule has 3 aromatic heterocycles. The van der Waals surface area contributed by atoms with E-state index < -0.39 is 0 Å². The average molecular weight is 467 g/mol. The summed E-state index contributed by atoms with van der Waals surface area (Å²) in [5.74, 6) is 1.33. The number of carbonyl (C=O) groups is 1. The molecule has 3 atom stereocenters. The molecule has 4 heterocycles. The zero-order valence-electron chi connectivity index (χ0n) is 19.5. The monoisotopic (exact) mass is 466 g/mol. The van der Waals surface area contributed by atoms with Gasteiger partial charge in [-0.15, -0.1) is 0 Å². The lowest BCUT2D eigenvalue weighted by molar-refractivity contribution is -0.0171. The number of aromatic nitrogens is 4. The second kappa shape index (κ2) is 9.55. The first-order chi connectivity index (χ1) is 16.6. The first kappa shape index (κ1) is 22.5. The van der Waals surface area contributed by atoms with Crippen molar-refractivity contribution in [1.29, 1.82) is 0 Å². The molecule has 3 aromatic rings. The van der Waals surface area contributed by atoms with Gasteiger partial charge in [-0.3, -0.25) is 9.59 Å². The van der Waals surface area contributed by atoms with Crippen LogP contribution in [0.3, 0.4) is 0 Å². The molecule has 0 spiro atoms. The second-order valence-corrected chi connectivity index (χ2v) is 8.94. The smallest absolute Gasteiger partial charge is 0.274 e. The average Bonchev–Trinajstić information content (AvgIpc) is 3.27. The summed E-state index contributed by atoms with van der Waals surface area (Å²) in [6.07, 6.45) is 7.71. The van der Waals surface area contributed by atoms with Gasteiger partial charge in [0.25, 0.3) is 5.56 Å². The van der Waals surface area contributed by atoms with Gasteiger partial charge in [0, 0.05) is 39.4 Å². The Hall–Kier alpha value is -3.24. The Balaban J connectivity index is 1.44. The van der Waals surface area contributed by atoms with Crippen LogP contribution in [0.4, 0.5) is 17.3 Å². The molecular weight excluding hydrogens is 436 g/mol. The van der Waals surface area contributed by atoms with Gasteiger partial charge in [0.15, 0.2) is 11.4 Å². The number of nitrogens with one attached hydrogen (secondary N) is 2. The molecular formula is C24H30N6O4. The van der Waals surface area contributed by atoms with Crippen LogP contribution in [0.5, 0.6) is 0 Å². The van der Waals surface area contributed by atoms with E-state index in [-0.39, 0.29) is 29.4 Å². The number of hydrogen-bond donors (Lipinski definition) is 2. The van der Waals surface area contributed by atoms with E-state index in [1.807, 2.05) is 6.07 Å². The minimum Gasteiger partial charge on any atom is -0.381 e. The molecule has 2 N–H and O–H groups in total. The molecule has 2 aliphatic rings. The van der Waals surface area contributed by atoms with E-state index in [0.29, 0.717) is 41.6 Å². The highest BCUT2D eigenvalue weighted by Gasteiger charge is 2.33. The van der Waals surface area contributed by atoms with Crippen molar-refractivity contribution in [2.75, 3.05) is 38.0 Å². The number of hydrogen-bond acceptors (Lipinski definition) is 8. The fourth-order valence-corrected chi connectivity index (χ4v) is 4.81. The summed E-state index contributed by atoms with van der Waals surface area (Å²) in [5, 5.41) is 10.6. The molecule has 0 radical (unpaired) electrons. The molecule has 5 rings (SSSR count). The highest BCUT2D eigenvalue weighted by Crippen LogP contribution is 2.34. The number of anilines is 3. The molecule has 34 heavy (non-hydrogen) atoms. The van der Waals surface area contributed by atoms with Crippen LogP contribution in [-0.2, 0) is 9.47 Å². The lowest BCUT2D eigenvalue weighted by Crippen LogP contribution is -2.34.